The first kappa shape index (κ1) is 22.5. The van der Waals surface area contributed by atoms with E-state index < -0.39 is 0 Å². The number of anilines is 1. The molecule has 0 aliphatic rings. The summed E-state index contributed by atoms with van der Waals surface area (Å²) in [6, 6.07) is 22.2. The molecule has 0 aliphatic heterocycles. The zero-order valence-corrected chi connectivity index (χ0v) is 19.3. The summed E-state index contributed by atoms with van der Waals surface area (Å²) < 4.78 is 5.84. The molecule has 2 heterocycles. The normalized spacial score (nSPS) is 11.8. The first-order valence-corrected chi connectivity index (χ1v) is 11.3. The molecule has 0 bridgehead atoms. The highest BCUT2D eigenvalue weighted by Gasteiger charge is 2.15. The summed E-state index contributed by atoms with van der Waals surface area (Å²) >= 11 is 0. The number of benzene rings is 2. The van der Waals surface area contributed by atoms with Gasteiger partial charge in [-0.3, -0.25) is 4.79 Å². The highest BCUT2D eigenvalue weighted by atomic mass is 16.5. The molecule has 1 amide bonds. The fourth-order valence-corrected chi connectivity index (χ4v) is 3.92. The Balaban J connectivity index is 1.52. The second-order valence-electron chi connectivity index (χ2n) is 8.32. The fraction of sp³-hybridized carbons (Fsp3) is 0.250. The van der Waals surface area contributed by atoms with Gasteiger partial charge in [-0.2, -0.15) is 0 Å². The van der Waals surface area contributed by atoms with Gasteiger partial charge in [0.2, 0.25) is 5.91 Å². The Morgan fingerprint density at radius 2 is 1.88 bits per heavy atom. The van der Waals surface area contributed by atoms with Gasteiger partial charge in [0.05, 0.1) is 11.2 Å². The number of para-hydroxylation sites is 1. The molecule has 4 rings (SSSR count). The van der Waals surface area contributed by atoms with Gasteiger partial charge in [-0.25, -0.2) is 9.97 Å². The van der Waals surface area contributed by atoms with Crippen LogP contribution >= 0.6 is 0 Å². The molecule has 0 saturated heterocycles. The molecule has 2 aromatic carbocycles. The van der Waals surface area contributed by atoms with E-state index in [1.54, 1.807) is 6.20 Å². The van der Waals surface area contributed by atoms with Crippen LogP contribution < -0.4 is 10.1 Å². The number of rotatable bonds is 8. The first-order chi connectivity index (χ1) is 16.0. The highest BCUT2D eigenvalue weighted by molar-refractivity contribution is 5.90. The molecule has 33 heavy (non-hydrogen) atoms. The molecule has 2 aromatic heterocycles. The number of hydrogen-bond acceptors (Lipinski definition) is 4. The topological polar surface area (TPSA) is 64.1 Å². The van der Waals surface area contributed by atoms with E-state index in [0.717, 1.165) is 34.3 Å². The van der Waals surface area contributed by atoms with E-state index in [1.807, 2.05) is 55.5 Å². The van der Waals surface area contributed by atoms with Crippen LogP contribution in [-0.2, 0) is 17.8 Å². The Labute approximate surface area is 194 Å². The third kappa shape index (κ3) is 5.55. The first-order valence-electron chi connectivity index (χ1n) is 11.3. The van der Waals surface area contributed by atoms with Crippen LogP contribution in [-0.4, -0.2) is 15.9 Å². The lowest BCUT2D eigenvalue weighted by Crippen LogP contribution is -2.14. The molecule has 4 aromatic rings. The van der Waals surface area contributed by atoms with Gasteiger partial charge in [0.1, 0.15) is 18.2 Å². The summed E-state index contributed by atoms with van der Waals surface area (Å²) in [5.41, 5.74) is 5.38. The molecule has 1 atom stereocenters. The second-order valence-corrected chi connectivity index (χ2v) is 8.32. The number of pyridine rings is 2. The van der Waals surface area contributed by atoms with Crippen LogP contribution in [0.5, 0.6) is 5.75 Å². The van der Waals surface area contributed by atoms with Gasteiger partial charge in [-0.1, -0.05) is 44.2 Å². The highest BCUT2D eigenvalue weighted by Crippen LogP contribution is 2.29. The van der Waals surface area contributed by atoms with Crippen LogP contribution in [0.25, 0.3) is 10.9 Å². The van der Waals surface area contributed by atoms with E-state index in [-0.39, 0.29) is 11.8 Å². The molecule has 0 spiro atoms. The van der Waals surface area contributed by atoms with Crippen molar-refractivity contribution in [3.05, 3.63) is 95.3 Å². The number of amides is 1. The standard InChI is InChI=1S/C28H29N3O2/c1-4-27(32)31-28-25(11-8-14-29-28)20(3)15-22-17-21-12-13-23(30-26(21)16-19(22)2)18-33-24-9-6-5-7-10-24/h5-14,16-17,20H,4,15,18H2,1-3H3,(H,29,31,32). The number of aryl methyl sites for hydroxylation is 1. The largest absolute Gasteiger partial charge is 0.487 e. The van der Waals surface area contributed by atoms with Crippen molar-refractivity contribution in [1.29, 1.82) is 0 Å². The number of fused-ring (bicyclic) bond motifs is 1. The van der Waals surface area contributed by atoms with Crippen LogP contribution in [0.15, 0.2) is 72.9 Å². The predicted molar refractivity (Wildman–Crippen MR) is 133 cm³/mol. The minimum Gasteiger partial charge on any atom is -0.487 e. The van der Waals surface area contributed by atoms with Crippen molar-refractivity contribution in [3.63, 3.8) is 0 Å². The zero-order chi connectivity index (χ0) is 23.2. The summed E-state index contributed by atoms with van der Waals surface area (Å²) in [6.45, 7) is 6.57. The fourth-order valence-electron chi connectivity index (χ4n) is 3.92. The number of aromatic nitrogens is 2. The van der Waals surface area contributed by atoms with Crippen LogP contribution in [0.3, 0.4) is 0 Å². The maximum atomic E-state index is 11.9. The Bertz CT molecular complexity index is 1250. The smallest absolute Gasteiger partial charge is 0.225 e. The Morgan fingerprint density at radius 1 is 1.06 bits per heavy atom. The van der Waals surface area contributed by atoms with E-state index in [1.165, 1.54) is 11.1 Å². The van der Waals surface area contributed by atoms with Gasteiger partial charge in [-0.05, 0) is 72.4 Å². The molecular weight excluding hydrogens is 410 g/mol. The zero-order valence-electron chi connectivity index (χ0n) is 19.3. The summed E-state index contributed by atoms with van der Waals surface area (Å²) in [5, 5.41) is 4.04. The number of hydrogen-bond donors (Lipinski definition) is 1. The maximum Gasteiger partial charge on any atom is 0.225 e. The average molecular weight is 440 g/mol. The molecule has 0 aliphatic carbocycles. The van der Waals surface area contributed by atoms with Crippen molar-refractivity contribution < 1.29 is 9.53 Å². The average Bonchev–Trinajstić information content (AvgIpc) is 2.84. The molecule has 0 saturated carbocycles. The van der Waals surface area contributed by atoms with Gasteiger partial charge in [0, 0.05) is 18.0 Å². The van der Waals surface area contributed by atoms with E-state index in [9.17, 15) is 4.79 Å². The van der Waals surface area contributed by atoms with Crippen molar-refractivity contribution >= 4 is 22.6 Å². The maximum absolute atomic E-state index is 11.9. The summed E-state index contributed by atoms with van der Waals surface area (Å²) in [7, 11) is 0. The Kier molecular flexibility index (Phi) is 6.98. The summed E-state index contributed by atoms with van der Waals surface area (Å²) in [4.78, 5) is 21.1. The van der Waals surface area contributed by atoms with Gasteiger partial charge in [0.15, 0.2) is 0 Å². The molecule has 1 N–H and O–H groups in total. The second kappa shape index (κ2) is 10.3. The Hall–Kier alpha value is -3.73. The molecule has 0 radical (unpaired) electrons. The molecule has 5 heteroatoms. The van der Waals surface area contributed by atoms with E-state index in [2.05, 4.69) is 42.3 Å². The lowest BCUT2D eigenvalue weighted by molar-refractivity contribution is -0.115. The number of nitrogens with zero attached hydrogens (tertiary/aromatic N) is 2. The molecule has 1 unspecified atom stereocenters. The molecule has 5 nitrogen and oxygen atoms in total. The van der Waals surface area contributed by atoms with Gasteiger partial charge in [-0.15, -0.1) is 0 Å². The lowest BCUT2D eigenvalue weighted by Gasteiger charge is -2.18. The van der Waals surface area contributed by atoms with Crippen LogP contribution in [0.2, 0.25) is 0 Å². The van der Waals surface area contributed by atoms with E-state index >= 15 is 0 Å². The lowest BCUT2D eigenvalue weighted by atomic mass is 9.91. The quantitative estimate of drug-likeness (QED) is 0.354. The number of carbonyl (C=O) groups is 1. The van der Waals surface area contributed by atoms with Crippen molar-refractivity contribution in [2.75, 3.05) is 5.32 Å². The summed E-state index contributed by atoms with van der Waals surface area (Å²) in [6.07, 6.45) is 2.99. The minimum absolute atomic E-state index is 0.0258. The van der Waals surface area contributed by atoms with Crippen molar-refractivity contribution in [3.8, 4) is 5.75 Å². The van der Waals surface area contributed by atoms with Crippen molar-refractivity contribution in [1.82, 2.24) is 9.97 Å². The monoisotopic (exact) mass is 439 g/mol. The molecular formula is C28H29N3O2. The van der Waals surface area contributed by atoms with Gasteiger partial charge >= 0.3 is 0 Å². The van der Waals surface area contributed by atoms with Gasteiger partial charge < -0.3 is 10.1 Å². The van der Waals surface area contributed by atoms with Crippen LogP contribution in [0, 0.1) is 6.92 Å². The van der Waals surface area contributed by atoms with Crippen LogP contribution in [0.4, 0.5) is 5.82 Å². The summed E-state index contributed by atoms with van der Waals surface area (Å²) in [5.74, 6) is 1.67. The minimum atomic E-state index is -0.0258. The van der Waals surface area contributed by atoms with E-state index in [4.69, 9.17) is 9.72 Å². The molecule has 168 valence electrons. The van der Waals surface area contributed by atoms with Crippen molar-refractivity contribution in [2.24, 2.45) is 0 Å². The Morgan fingerprint density at radius 3 is 2.67 bits per heavy atom. The number of ether oxygens (including phenoxy) is 1. The van der Waals surface area contributed by atoms with Crippen molar-refractivity contribution in [2.45, 2.75) is 46.1 Å². The molecule has 0 fully saturated rings. The third-order valence-corrected chi connectivity index (χ3v) is 5.81. The van der Waals surface area contributed by atoms with E-state index in [0.29, 0.717) is 18.8 Å². The van der Waals surface area contributed by atoms with Crippen LogP contribution in [0.1, 0.15) is 48.6 Å². The SMILES string of the molecule is CCC(=O)Nc1ncccc1C(C)Cc1cc2ccc(COc3ccccc3)nc2cc1C. The third-order valence-electron chi connectivity index (χ3n) is 5.81. The number of nitrogens with one attached hydrogen (secondary N) is 1. The van der Waals surface area contributed by atoms with Gasteiger partial charge in [0.25, 0.3) is 0 Å². The number of carbonyl (C=O) groups excluding carboxylic acids is 1. The predicted octanol–water partition coefficient (Wildman–Crippen LogP) is 6.21.